The molecule has 162 valence electrons. The highest BCUT2D eigenvalue weighted by Crippen LogP contribution is 2.40. The lowest BCUT2D eigenvalue weighted by atomic mass is 10.0. The number of carbonyl (C=O) groups excluding carboxylic acids is 2. The number of carbonyl (C=O) groups is 2. The van der Waals surface area contributed by atoms with Crippen LogP contribution < -0.4 is 10.9 Å². The van der Waals surface area contributed by atoms with E-state index in [1.165, 1.54) is 17.4 Å². The van der Waals surface area contributed by atoms with Gasteiger partial charge in [-0.05, 0) is 43.7 Å². The third-order valence-electron chi connectivity index (χ3n) is 4.79. The van der Waals surface area contributed by atoms with Crippen molar-refractivity contribution in [3.05, 3.63) is 85.5 Å². The van der Waals surface area contributed by atoms with E-state index in [2.05, 4.69) is 21.2 Å². The van der Waals surface area contributed by atoms with Gasteiger partial charge in [0.1, 0.15) is 21.7 Å². The molecule has 1 amide bonds. The second-order valence-electron chi connectivity index (χ2n) is 6.91. The number of hydrogen-bond donors (Lipinski definition) is 1. The molecule has 0 aliphatic heterocycles. The number of esters is 1. The van der Waals surface area contributed by atoms with Crippen molar-refractivity contribution < 1.29 is 18.7 Å². The van der Waals surface area contributed by atoms with Gasteiger partial charge in [0.05, 0.1) is 6.61 Å². The van der Waals surface area contributed by atoms with Crippen LogP contribution in [0.4, 0.5) is 5.00 Å². The van der Waals surface area contributed by atoms with Crippen LogP contribution in [0.2, 0.25) is 0 Å². The van der Waals surface area contributed by atoms with Crippen molar-refractivity contribution in [3.8, 4) is 11.1 Å². The van der Waals surface area contributed by atoms with Crippen LogP contribution in [0, 0.1) is 6.92 Å². The van der Waals surface area contributed by atoms with Crippen molar-refractivity contribution in [1.82, 2.24) is 0 Å². The zero-order valence-electron chi connectivity index (χ0n) is 17.2. The SMILES string of the molecule is CCOC(=O)c1c(NC(=O)c2cc3cc(Br)ccc3oc2=O)sc(C)c1-c1ccccc1. The lowest BCUT2D eigenvalue weighted by Gasteiger charge is -2.09. The van der Waals surface area contributed by atoms with Crippen molar-refractivity contribution in [3.63, 3.8) is 0 Å². The Morgan fingerprint density at radius 3 is 2.59 bits per heavy atom. The third kappa shape index (κ3) is 4.24. The molecule has 0 saturated heterocycles. The monoisotopic (exact) mass is 511 g/mol. The third-order valence-corrected chi connectivity index (χ3v) is 6.31. The molecule has 0 aliphatic carbocycles. The van der Waals surface area contributed by atoms with Crippen molar-refractivity contribution in [1.29, 1.82) is 0 Å². The smallest absolute Gasteiger partial charge is 0.349 e. The number of amides is 1. The molecule has 0 aliphatic rings. The molecule has 2 heterocycles. The Labute approximate surface area is 196 Å². The summed E-state index contributed by atoms with van der Waals surface area (Å²) in [6.07, 6.45) is 0. The van der Waals surface area contributed by atoms with Gasteiger partial charge in [0.15, 0.2) is 0 Å². The van der Waals surface area contributed by atoms with E-state index in [-0.39, 0.29) is 17.7 Å². The molecule has 0 fully saturated rings. The number of aryl methyl sites for hydroxylation is 1. The number of anilines is 1. The Morgan fingerprint density at radius 1 is 1.12 bits per heavy atom. The van der Waals surface area contributed by atoms with E-state index in [9.17, 15) is 14.4 Å². The van der Waals surface area contributed by atoms with Gasteiger partial charge in [-0.2, -0.15) is 0 Å². The summed E-state index contributed by atoms with van der Waals surface area (Å²) in [4.78, 5) is 39.1. The van der Waals surface area contributed by atoms with Gasteiger partial charge in [-0.1, -0.05) is 46.3 Å². The van der Waals surface area contributed by atoms with E-state index in [1.807, 2.05) is 37.3 Å². The summed E-state index contributed by atoms with van der Waals surface area (Å²) in [6.45, 7) is 3.78. The Balaban J connectivity index is 1.78. The van der Waals surface area contributed by atoms with Crippen LogP contribution >= 0.6 is 27.3 Å². The van der Waals surface area contributed by atoms with E-state index in [1.54, 1.807) is 25.1 Å². The predicted molar refractivity (Wildman–Crippen MR) is 129 cm³/mol. The lowest BCUT2D eigenvalue weighted by molar-refractivity contribution is 0.0529. The number of nitrogens with one attached hydrogen (secondary N) is 1. The van der Waals surface area contributed by atoms with Gasteiger partial charge in [-0.15, -0.1) is 11.3 Å². The number of halogens is 1. The topological polar surface area (TPSA) is 85.6 Å². The van der Waals surface area contributed by atoms with Crippen LogP contribution in [0.5, 0.6) is 0 Å². The van der Waals surface area contributed by atoms with E-state index < -0.39 is 17.5 Å². The van der Waals surface area contributed by atoms with Gasteiger partial charge < -0.3 is 14.5 Å². The summed E-state index contributed by atoms with van der Waals surface area (Å²) in [6, 6.07) is 16.0. The van der Waals surface area contributed by atoms with Gasteiger partial charge in [0.25, 0.3) is 5.91 Å². The van der Waals surface area contributed by atoms with Gasteiger partial charge >= 0.3 is 11.6 Å². The van der Waals surface area contributed by atoms with Crippen LogP contribution in [0.15, 0.2) is 68.3 Å². The molecular formula is C24H18BrNO5S. The molecule has 0 radical (unpaired) electrons. The molecule has 0 spiro atoms. The van der Waals surface area contributed by atoms with Gasteiger partial charge in [0.2, 0.25) is 0 Å². The normalized spacial score (nSPS) is 10.8. The summed E-state index contributed by atoms with van der Waals surface area (Å²) in [5.74, 6) is -1.20. The molecule has 4 aromatic rings. The fourth-order valence-corrected chi connectivity index (χ4v) is 4.84. The second kappa shape index (κ2) is 9.10. The first-order valence-electron chi connectivity index (χ1n) is 9.79. The average molecular weight is 512 g/mol. The quantitative estimate of drug-likeness (QED) is 0.261. The fourth-order valence-electron chi connectivity index (χ4n) is 3.41. The Bertz CT molecular complexity index is 1390. The molecule has 32 heavy (non-hydrogen) atoms. The molecular weight excluding hydrogens is 494 g/mol. The predicted octanol–water partition coefficient (Wildman–Crippen LogP) is 6.02. The molecule has 6 nitrogen and oxygen atoms in total. The number of ether oxygens (including phenoxy) is 1. The van der Waals surface area contributed by atoms with Crippen LogP contribution in [0.1, 0.15) is 32.5 Å². The maximum Gasteiger partial charge on any atom is 0.349 e. The molecule has 0 atom stereocenters. The van der Waals surface area contributed by atoms with Crippen LogP contribution in [0.25, 0.3) is 22.1 Å². The summed E-state index contributed by atoms with van der Waals surface area (Å²) < 4.78 is 11.3. The molecule has 0 unspecified atom stereocenters. The minimum Gasteiger partial charge on any atom is -0.462 e. The lowest BCUT2D eigenvalue weighted by Crippen LogP contribution is -2.21. The summed E-state index contributed by atoms with van der Waals surface area (Å²) in [5.41, 5.74) is 1.25. The van der Waals surface area contributed by atoms with Gasteiger partial charge in [-0.3, -0.25) is 4.79 Å². The van der Waals surface area contributed by atoms with Crippen molar-refractivity contribution in [2.45, 2.75) is 13.8 Å². The van der Waals surface area contributed by atoms with Gasteiger partial charge in [0, 0.05) is 20.3 Å². The summed E-state index contributed by atoms with van der Waals surface area (Å²) >= 11 is 4.62. The highest BCUT2D eigenvalue weighted by atomic mass is 79.9. The highest BCUT2D eigenvalue weighted by Gasteiger charge is 2.26. The fraction of sp³-hybridized carbons (Fsp3) is 0.125. The Morgan fingerprint density at radius 2 is 1.88 bits per heavy atom. The molecule has 0 bridgehead atoms. The molecule has 1 N–H and O–H groups in total. The van der Waals surface area contributed by atoms with E-state index >= 15 is 0 Å². The van der Waals surface area contributed by atoms with Crippen molar-refractivity contribution in [2.24, 2.45) is 0 Å². The molecule has 2 aromatic carbocycles. The summed E-state index contributed by atoms with van der Waals surface area (Å²) in [7, 11) is 0. The zero-order valence-corrected chi connectivity index (χ0v) is 19.6. The first kappa shape index (κ1) is 22.0. The van der Waals surface area contributed by atoms with Gasteiger partial charge in [-0.25, -0.2) is 9.59 Å². The summed E-state index contributed by atoms with van der Waals surface area (Å²) in [5, 5.41) is 3.64. The molecule has 2 aromatic heterocycles. The maximum atomic E-state index is 13.0. The largest absolute Gasteiger partial charge is 0.462 e. The number of rotatable bonds is 5. The Kier molecular flexibility index (Phi) is 6.25. The second-order valence-corrected chi connectivity index (χ2v) is 9.05. The molecule has 0 saturated carbocycles. The molecule has 8 heteroatoms. The van der Waals surface area contributed by atoms with Crippen LogP contribution in [-0.2, 0) is 4.74 Å². The number of hydrogen-bond acceptors (Lipinski definition) is 6. The van der Waals surface area contributed by atoms with E-state index in [0.29, 0.717) is 21.5 Å². The van der Waals surface area contributed by atoms with Crippen LogP contribution in [0.3, 0.4) is 0 Å². The number of fused-ring (bicyclic) bond motifs is 1. The first-order chi connectivity index (χ1) is 15.4. The average Bonchev–Trinajstić information content (AvgIpc) is 3.09. The maximum absolute atomic E-state index is 13.0. The minimum atomic E-state index is -0.758. The van der Waals surface area contributed by atoms with Crippen LogP contribution in [-0.4, -0.2) is 18.5 Å². The van der Waals surface area contributed by atoms with E-state index in [4.69, 9.17) is 9.15 Å². The Hall–Kier alpha value is -3.23. The standard InChI is InChI=1S/C24H18BrNO5S/c1-3-30-24(29)20-19(14-7-5-4-6-8-14)13(2)32-22(20)26-21(27)17-12-15-11-16(25)9-10-18(15)31-23(17)28/h4-12H,3H2,1-2H3,(H,26,27). The number of thiophene rings is 1. The van der Waals surface area contributed by atoms with Crippen molar-refractivity contribution in [2.75, 3.05) is 11.9 Å². The highest BCUT2D eigenvalue weighted by molar-refractivity contribution is 9.10. The molecule has 4 rings (SSSR count). The number of benzene rings is 2. The van der Waals surface area contributed by atoms with Crippen molar-refractivity contribution >= 4 is 55.1 Å². The zero-order chi connectivity index (χ0) is 22.8. The van der Waals surface area contributed by atoms with E-state index in [0.717, 1.165) is 14.9 Å². The minimum absolute atomic E-state index is 0.155. The first-order valence-corrected chi connectivity index (χ1v) is 11.4.